The van der Waals surface area contributed by atoms with Crippen LogP contribution in [0.2, 0.25) is 0 Å². The van der Waals surface area contributed by atoms with Gasteiger partial charge in [0.15, 0.2) is 5.16 Å². The second-order valence-electron chi connectivity index (χ2n) is 5.63. The van der Waals surface area contributed by atoms with E-state index in [9.17, 15) is 4.79 Å². The Hall–Kier alpha value is -2.53. The number of hydrogen-bond acceptors (Lipinski definition) is 3. The fourth-order valence-electron chi connectivity index (χ4n) is 2.56. The maximum atomic E-state index is 12.2. The summed E-state index contributed by atoms with van der Waals surface area (Å²) >= 11 is 1.42. The smallest absolute Gasteiger partial charge is 0.234 e. The first-order valence-corrected chi connectivity index (χ1v) is 8.70. The monoisotopic (exact) mass is 337 g/mol. The third kappa shape index (κ3) is 4.06. The predicted octanol–water partition coefficient (Wildman–Crippen LogP) is 4.22. The lowest BCUT2D eigenvalue weighted by atomic mass is 10.1. The quantitative estimate of drug-likeness (QED) is 0.709. The van der Waals surface area contributed by atoms with Crippen LogP contribution >= 0.6 is 11.8 Å². The summed E-state index contributed by atoms with van der Waals surface area (Å²) in [4.78, 5) is 16.6. The van der Waals surface area contributed by atoms with Crippen LogP contribution in [0, 0.1) is 13.8 Å². The van der Waals surface area contributed by atoms with Gasteiger partial charge in [0, 0.05) is 23.8 Å². The van der Waals surface area contributed by atoms with Crippen LogP contribution in [0.25, 0.3) is 5.69 Å². The van der Waals surface area contributed by atoms with Gasteiger partial charge in [-0.1, -0.05) is 36.0 Å². The van der Waals surface area contributed by atoms with E-state index < -0.39 is 0 Å². The molecule has 0 aliphatic heterocycles. The largest absolute Gasteiger partial charge is 0.325 e. The van der Waals surface area contributed by atoms with Gasteiger partial charge in [-0.3, -0.25) is 9.36 Å². The summed E-state index contributed by atoms with van der Waals surface area (Å²) in [6.45, 7) is 4.04. The molecule has 122 valence electrons. The third-order valence-electron chi connectivity index (χ3n) is 3.48. The summed E-state index contributed by atoms with van der Waals surface area (Å²) in [7, 11) is 0. The van der Waals surface area contributed by atoms with E-state index >= 15 is 0 Å². The van der Waals surface area contributed by atoms with Gasteiger partial charge in [0.1, 0.15) is 0 Å². The van der Waals surface area contributed by atoms with Crippen molar-refractivity contribution >= 4 is 23.4 Å². The van der Waals surface area contributed by atoms with Crippen molar-refractivity contribution in [2.75, 3.05) is 11.1 Å². The fourth-order valence-corrected chi connectivity index (χ4v) is 3.33. The Morgan fingerprint density at radius 1 is 1.12 bits per heavy atom. The number of benzene rings is 2. The molecule has 0 atom stereocenters. The van der Waals surface area contributed by atoms with Crippen LogP contribution < -0.4 is 5.32 Å². The van der Waals surface area contributed by atoms with Crippen LogP contribution in [-0.2, 0) is 4.79 Å². The van der Waals surface area contributed by atoms with Crippen molar-refractivity contribution in [2.24, 2.45) is 0 Å². The maximum absolute atomic E-state index is 12.2. The molecule has 24 heavy (non-hydrogen) atoms. The van der Waals surface area contributed by atoms with Gasteiger partial charge in [-0.05, 0) is 49.2 Å². The number of carbonyl (C=O) groups is 1. The molecular formula is C19H19N3OS. The topological polar surface area (TPSA) is 46.9 Å². The lowest BCUT2D eigenvalue weighted by Gasteiger charge is -2.09. The Kier molecular flexibility index (Phi) is 5.01. The second kappa shape index (κ2) is 7.36. The van der Waals surface area contributed by atoms with E-state index in [4.69, 9.17) is 0 Å². The van der Waals surface area contributed by atoms with Crippen molar-refractivity contribution in [3.63, 3.8) is 0 Å². The number of nitrogens with one attached hydrogen (secondary N) is 1. The molecule has 0 unspecified atom stereocenters. The van der Waals surface area contributed by atoms with Crippen molar-refractivity contribution in [1.29, 1.82) is 0 Å². The van der Waals surface area contributed by atoms with E-state index in [0.717, 1.165) is 27.7 Å². The number of amides is 1. The van der Waals surface area contributed by atoms with Crippen LogP contribution in [0.5, 0.6) is 0 Å². The van der Waals surface area contributed by atoms with Gasteiger partial charge in [0.25, 0.3) is 0 Å². The minimum absolute atomic E-state index is 0.0346. The van der Waals surface area contributed by atoms with E-state index in [1.54, 1.807) is 6.20 Å². The van der Waals surface area contributed by atoms with Gasteiger partial charge in [-0.15, -0.1) is 0 Å². The number of nitrogens with zero attached hydrogens (tertiary/aromatic N) is 2. The third-order valence-corrected chi connectivity index (χ3v) is 4.45. The summed E-state index contributed by atoms with van der Waals surface area (Å²) in [6, 6.07) is 16.0. The van der Waals surface area contributed by atoms with E-state index in [0.29, 0.717) is 5.75 Å². The molecular weight excluding hydrogens is 318 g/mol. The summed E-state index contributed by atoms with van der Waals surface area (Å²) < 4.78 is 1.98. The Labute approximate surface area is 145 Å². The van der Waals surface area contributed by atoms with Gasteiger partial charge >= 0.3 is 0 Å². The minimum atomic E-state index is -0.0346. The zero-order valence-electron chi connectivity index (χ0n) is 13.7. The van der Waals surface area contributed by atoms with Crippen molar-refractivity contribution in [1.82, 2.24) is 9.55 Å². The molecule has 2 aromatic carbocycles. The van der Waals surface area contributed by atoms with Crippen molar-refractivity contribution in [3.05, 3.63) is 72.1 Å². The number of anilines is 1. The SMILES string of the molecule is Cc1cc(C)cc(NC(=O)CSc2nccn2-c2ccccc2)c1. The van der Waals surface area contributed by atoms with Gasteiger partial charge in [-0.25, -0.2) is 4.98 Å². The van der Waals surface area contributed by atoms with Gasteiger partial charge in [-0.2, -0.15) is 0 Å². The lowest BCUT2D eigenvalue weighted by Crippen LogP contribution is -2.14. The molecule has 0 bridgehead atoms. The second-order valence-corrected chi connectivity index (χ2v) is 6.57. The molecule has 5 heteroatoms. The molecule has 0 radical (unpaired) electrons. The molecule has 0 saturated carbocycles. The highest BCUT2D eigenvalue weighted by Crippen LogP contribution is 2.21. The summed E-state index contributed by atoms with van der Waals surface area (Å²) in [5, 5.41) is 3.75. The first-order chi connectivity index (χ1) is 11.6. The van der Waals surface area contributed by atoms with E-state index in [-0.39, 0.29) is 5.91 Å². The van der Waals surface area contributed by atoms with E-state index in [2.05, 4.69) is 16.4 Å². The number of carbonyl (C=O) groups excluding carboxylic acids is 1. The van der Waals surface area contributed by atoms with Crippen molar-refractivity contribution in [2.45, 2.75) is 19.0 Å². The average molecular weight is 337 g/mol. The first-order valence-electron chi connectivity index (χ1n) is 7.71. The molecule has 1 aromatic heterocycles. The number of thioether (sulfide) groups is 1. The maximum Gasteiger partial charge on any atom is 0.234 e. The van der Waals surface area contributed by atoms with Crippen LogP contribution in [0.3, 0.4) is 0 Å². The molecule has 4 nitrogen and oxygen atoms in total. The molecule has 3 rings (SSSR count). The number of aromatic nitrogens is 2. The zero-order chi connectivity index (χ0) is 16.9. The molecule has 0 aliphatic rings. The van der Waals surface area contributed by atoms with Gasteiger partial charge in [0.2, 0.25) is 5.91 Å². The summed E-state index contributed by atoms with van der Waals surface area (Å²) in [5.74, 6) is 0.282. The van der Waals surface area contributed by atoms with Gasteiger partial charge < -0.3 is 5.32 Å². The number of aryl methyl sites for hydroxylation is 2. The normalized spacial score (nSPS) is 10.6. The molecule has 0 spiro atoms. The van der Waals surface area contributed by atoms with Crippen LogP contribution in [-0.4, -0.2) is 21.2 Å². The molecule has 0 aliphatic carbocycles. The standard InChI is InChI=1S/C19H19N3OS/c1-14-10-15(2)12-16(11-14)21-18(23)13-24-19-20-8-9-22(19)17-6-4-3-5-7-17/h3-12H,13H2,1-2H3,(H,21,23). The van der Waals surface area contributed by atoms with Crippen LogP contribution in [0.1, 0.15) is 11.1 Å². The Morgan fingerprint density at radius 2 is 1.83 bits per heavy atom. The van der Waals surface area contributed by atoms with E-state index in [1.807, 2.05) is 67.1 Å². The molecule has 0 fully saturated rings. The molecule has 1 amide bonds. The highest BCUT2D eigenvalue weighted by Gasteiger charge is 2.09. The molecule has 0 saturated heterocycles. The molecule has 1 N–H and O–H groups in total. The van der Waals surface area contributed by atoms with E-state index in [1.165, 1.54) is 11.8 Å². The van der Waals surface area contributed by atoms with Gasteiger partial charge in [0.05, 0.1) is 5.75 Å². The Bertz CT molecular complexity index is 823. The Morgan fingerprint density at radius 3 is 2.54 bits per heavy atom. The highest BCUT2D eigenvalue weighted by atomic mass is 32.2. The van der Waals surface area contributed by atoms with Crippen molar-refractivity contribution < 1.29 is 4.79 Å². The summed E-state index contributed by atoms with van der Waals surface area (Å²) in [6.07, 6.45) is 3.65. The number of rotatable bonds is 5. The van der Waals surface area contributed by atoms with Crippen LogP contribution in [0.4, 0.5) is 5.69 Å². The average Bonchev–Trinajstić information content (AvgIpc) is 3.01. The fraction of sp³-hybridized carbons (Fsp3) is 0.158. The zero-order valence-corrected chi connectivity index (χ0v) is 14.5. The lowest BCUT2D eigenvalue weighted by molar-refractivity contribution is -0.113. The molecule has 1 heterocycles. The number of hydrogen-bond donors (Lipinski definition) is 1. The van der Waals surface area contributed by atoms with Crippen molar-refractivity contribution in [3.8, 4) is 5.69 Å². The molecule has 3 aromatic rings. The Balaban J connectivity index is 1.64. The van der Waals surface area contributed by atoms with Crippen LogP contribution in [0.15, 0.2) is 66.1 Å². The predicted molar refractivity (Wildman–Crippen MR) is 98.8 cm³/mol. The number of para-hydroxylation sites is 1. The number of imidazole rings is 1. The minimum Gasteiger partial charge on any atom is -0.325 e. The highest BCUT2D eigenvalue weighted by molar-refractivity contribution is 7.99. The first kappa shape index (κ1) is 16.3. The summed E-state index contributed by atoms with van der Waals surface area (Å²) in [5.41, 5.74) is 4.15.